The Balaban J connectivity index is 0. The van der Waals surface area contributed by atoms with Gasteiger partial charge in [-0.3, -0.25) is 0 Å². The Morgan fingerprint density at radius 2 is 1.60 bits per heavy atom. The van der Waals surface area contributed by atoms with Crippen molar-refractivity contribution in [1.82, 2.24) is 9.88 Å². The van der Waals surface area contributed by atoms with Gasteiger partial charge in [-0.1, -0.05) is 55.2 Å². The zero-order valence-electron chi connectivity index (χ0n) is 16.9. The van der Waals surface area contributed by atoms with Crippen molar-refractivity contribution in [1.29, 1.82) is 0 Å². The van der Waals surface area contributed by atoms with E-state index in [4.69, 9.17) is 28.2 Å². The fraction of sp³-hybridized carbons (Fsp3) is 0.286. The van der Waals surface area contributed by atoms with Crippen molar-refractivity contribution in [2.75, 3.05) is 31.5 Å². The second-order valence-electron chi connectivity index (χ2n) is 6.15. The third-order valence-corrected chi connectivity index (χ3v) is 5.12. The molecule has 0 aliphatic carbocycles. The molecule has 5 nitrogen and oxygen atoms in total. The Hall–Kier alpha value is -0.930. The lowest BCUT2D eigenvalue weighted by Gasteiger charge is -2.19. The third kappa shape index (κ3) is 7.64. The first-order chi connectivity index (χ1) is 12.6. The smallest absolute Gasteiger partial charge is 0.0745 e. The van der Waals surface area contributed by atoms with Crippen LogP contribution in [-0.2, 0) is 0 Å². The van der Waals surface area contributed by atoms with E-state index in [1.807, 2.05) is 30.3 Å². The molecule has 3 aromatic rings. The summed E-state index contributed by atoms with van der Waals surface area (Å²) in [5.41, 5.74) is 3.67. The van der Waals surface area contributed by atoms with Crippen molar-refractivity contribution >= 4 is 73.8 Å². The molecule has 0 aliphatic rings. The van der Waals surface area contributed by atoms with E-state index in [2.05, 4.69) is 36.2 Å². The highest BCUT2D eigenvalue weighted by molar-refractivity contribution is 8.93. The van der Waals surface area contributed by atoms with Crippen LogP contribution in [0.15, 0.2) is 48.5 Å². The van der Waals surface area contributed by atoms with Crippen LogP contribution in [0.2, 0.25) is 10.0 Å². The monoisotopic (exact) mass is 583 g/mol. The number of likely N-dealkylation sites (N-methyl/N-ethyl adjacent to an activating group) is 1. The first kappa shape index (κ1) is 31.3. The number of pyridine rings is 1. The Labute approximate surface area is 208 Å². The molecular formula is C21H29Br2Cl2N3O2. The summed E-state index contributed by atoms with van der Waals surface area (Å²) in [5.74, 6) is 0. The van der Waals surface area contributed by atoms with Crippen molar-refractivity contribution < 1.29 is 11.0 Å². The molecule has 0 unspecified atom stereocenters. The first-order valence-electron chi connectivity index (χ1n) is 8.93. The third-order valence-electron chi connectivity index (χ3n) is 4.56. The van der Waals surface area contributed by atoms with Gasteiger partial charge in [-0.15, -0.1) is 34.0 Å². The van der Waals surface area contributed by atoms with Crippen LogP contribution < -0.4 is 5.32 Å². The van der Waals surface area contributed by atoms with E-state index in [-0.39, 0.29) is 44.9 Å². The van der Waals surface area contributed by atoms with E-state index in [1.54, 1.807) is 6.07 Å². The highest BCUT2D eigenvalue weighted by Crippen LogP contribution is 2.33. The summed E-state index contributed by atoms with van der Waals surface area (Å²) in [6.45, 7) is 8.35. The Morgan fingerprint density at radius 1 is 0.933 bits per heavy atom. The maximum atomic E-state index is 6.39. The van der Waals surface area contributed by atoms with E-state index < -0.39 is 0 Å². The topological polar surface area (TPSA) is 91.2 Å². The molecule has 0 amide bonds. The van der Waals surface area contributed by atoms with Crippen molar-refractivity contribution in [2.24, 2.45) is 0 Å². The summed E-state index contributed by atoms with van der Waals surface area (Å²) in [6, 6.07) is 15.7. The summed E-state index contributed by atoms with van der Waals surface area (Å²) >= 11 is 12.6. The number of aromatic nitrogens is 1. The van der Waals surface area contributed by atoms with Gasteiger partial charge in [0.15, 0.2) is 0 Å². The van der Waals surface area contributed by atoms with Gasteiger partial charge >= 0.3 is 0 Å². The zero-order chi connectivity index (χ0) is 18.5. The molecule has 30 heavy (non-hydrogen) atoms. The average Bonchev–Trinajstić information content (AvgIpc) is 2.67. The number of halogens is 4. The SMILES string of the molecule is Br.Br.CCN(CC)CCNc1cc(-c2cc(Cl)ccc2Cl)nc2ccccc12.O.O. The zero-order valence-corrected chi connectivity index (χ0v) is 21.9. The second-order valence-corrected chi connectivity index (χ2v) is 6.99. The van der Waals surface area contributed by atoms with Crippen LogP contribution in [0.1, 0.15) is 13.8 Å². The summed E-state index contributed by atoms with van der Waals surface area (Å²) in [7, 11) is 0. The molecule has 0 atom stereocenters. The van der Waals surface area contributed by atoms with Crippen LogP contribution in [0.25, 0.3) is 22.2 Å². The fourth-order valence-corrected chi connectivity index (χ4v) is 3.43. The highest BCUT2D eigenvalue weighted by atomic mass is 79.9. The van der Waals surface area contributed by atoms with Gasteiger partial charge in [0.05, 0.1) is 16.2 Å². The lowest BCUT2D eigenvalue weighted by molar-refractivity contribution is 0.316. The molecule has 168 valence electrons. The van der Waals surface area contributed by atoms with Gasteiger partial charge in [-0.05, 0) is 43.4 Å². The Morgan fingerprint density at radius 3 is 2.27 bits per heavy atom. The maximum absolute atomic E-state index is 6.39. The van der Waals surface area contributed by atoms with Crippen molar-refractivity contribution in [2.45, 2.75) is 13.8 Å². The fourth-order valence-electron chi connectivity index (χ4n) is 3.04. The largest absolute Gasteiger partial charge is 0.412 e. The summed E-state index contributed by atoms with van der Waals surface area (Å²) in [5, 5.41) is 5.97. The number of hydrogen-bond donors (Lipinski definition) is 1. The second kappa shape index (κ2) is 15.0. The minimum absolute atomic E-state index is 0. The number of benzene rings is 2. The van der Waals surface area contributed by atoms with Gasteiger partial charge in [-0.25, -0.2) is 4.98 Å². The lowest BCUT2D eigenvalue weighted by Crippen LogP contribution is -2.28. The van der Waals surface area contributed by atoms with Gasteiger partial charge in [0.2, 0.25) is 0 Å². The standard InChI is InChI=1S/C21H23Cl2N3.2BrH.2H2O/c1-3-26(4-2)12-11-24-20-14-21(17-13-15(22)9-10-18(17)23)25-19-8-6-5-7-16(19)20;;;;/h5-10,13-14H,3-4,11-12H2,1-2H3,(H,24,25);2*1H;2*1H2. The number of rotatable bonds is 7. The predicted octanol–water partition coefficient (Wildman–Crippen LogP) is 5.47. The molecule has 0 fully saturated rings. The van der Waals surface area contributed by atoms with Crippen LogP contribution in [0.4, 0.5) is 5.69 Å². The summed E-state index contributed by atoms with van der Waals surface area (Å²) in [6.07, 6.45) is 0. The number of anilines is 1. The maximum Gasteiger partial charge on any atom is 0.0745 e. The summed E-state index contributed by atoms with van der Waals surface area (Å²) < 4.78 is 0. The number of nitrogens with zero attached hydrogens (tertiary/aromatic N) is 2. The number of nitrogens with one attached hydrogen (secondary N) is 1. The van der Waals surface area contributed by atoms with Gasteiger partial charge in [0, 0.05) is 34.7 Å². The van der Waals surface area contributed by atoms with Crippen molar-refractivity contribution in [3.05, 3.63) is 58.6 Å². The number of hydrogen-bond acceptors (Lipinski definition) is 3. The Bertz CT molecular complexity index is 913. The van der Waals surface area contributed by atoms with Gasteiger partial charge in [0.1, 0.15) is 0 Å². The highest BCUT2D eigenvalue weighted by Gasteiger charge is 2.11. The molecule has 2 aromatic carbocycles. The van der Waals surface area contributed by atoms with Gasteiger partial charge in [0.25, 0.3) is 0 Å². The molecule has 9 heteroatoms. The first-order valence-corrected chi connectivity index (χ1v) is 9.69. The minimum Gasteiger partial charge on any atom is -0.412 e. The molecule has 3 rings (SSSR count). The van der Waals surface area contributed by atoms with E-state index in [0.29, 0.717) is 10.0 Å². The normalized spacial score (nSPS) is 9.77. The van der Waals surface area contributed by atoms with Gasteiger partial charge in [-0.2, -0.15) is 0 Å². The molecule has 0 saturated heterocycles. The molecule has 1 heterocycles. The molecule has 0 radical (unpaired) electrons. The number of fused-ring (bicyclic) bond motifs is 1. The van der Waals surface area contributed by atoms with E-state index in [0.717, 1.165) is 54.0 Å². The molecule has 0 saturated carbocycles. The summed E-state index contributed by atoms with van der Waals surface area (Å²) in [4.78, 5) is 7.18. The van der Waals surface area contributed by atoms with Crippen LogP contribution in [0.5, 0.6) is 0 Å². The molecule has 0 aliphatic heterocycles. The molecule has 0 bridgehead atoms. The molecule has 5 N–H and O–H groups in total. The average molecular weight is 586 g/mol. The lowest BCUT2D eigenvalue weighted by atomic mass is 10.1. The molecule has 0 spiro atoms. The van der Waals surface area contributed by atoms with Crippen molar-refractivity contribution in [3.63, 3.8) is 0 Å². The van der Waals surface area contributed by atoms with Crippen molar-refractivity contribution in [3.8, 4) is 11.3 Å². The quantitative estimate of drug-likeness (QED) is 0.399. The van der Waals surface area contributed by atoms with Crippen LogP contribution >= 0.6 is 57.2 Å². The van der Waals surface area contributed by atoms with Crippen LogP contribution in [0, 0.1) is 0 Å². The molecular weight excluding hydrogens is 557 g/mol. The van der Waals surface area contributed by atoms with Gasteiger partial charge < -0.3 is 21.2 Å². The van der Waals surface area contributed by atoms with E-state index in [9.17, 15) is 0 Å². The van der Waals surface area contributed by atoms with Crippen LogP contribution in [-0.4, -0.2) is 47.0 Å². The van der Waals surface area contributed by atoms with E-state index in [1.165, 1.54) is 0 Å². The predicted molar refractivity (Wildman–Crippen MR) is 141 cm³/mol. The van der Waals surface area contributed by atoms with E-state index >= 15 is 0 Å². The minimum atomic E-state index is 0. The van der Waals surface area contributed by atoms with Crippen LogP contribution in [0.3, 0.4) is 0 Å². The number of para-hydroxylation sites is 1. The molecule has 1 aromatic heterocycles. The Kier molecular flexibility index (Phi) is 15.6.